The van der Waals surface area contributed by atoms with Gasteiger partial charge in [0, 0.05) is 37.1 Å². The number of halogens is 1. The maximum absolute atomic E-state index is 13.9. The molecule has 34 heavy (non-hydrogen) atoms. The molecule has 9 heteroatoms. The Morgan fingerprint density at radius 2 is 1.62 bits per heavy atom. The summed E-state index contributed by atoms with van der Waals surface area (Å²) >= 11 is 0. The number of piperidine rings is 1. The van der Waals surface area contributed by atoms with Crippen LogP contribution < -0.4 is 10.6 Å². The molecule has 4 rings (SSSR count). The molecule has 0 saturated carbocycles. The first kappa shape index (κ1) is 23.0. The highest BCUT2D eigenvalue weighted by atomic mass is 19.1. The highest BCUT2D eigenvalue weighted by molar-refractivity contribution is 6.07. The lowest BCUT2D eigenvalue weighted by molar-refractivity contribution is 0.0697. The molecule has 2 aromatic carbocycles. The van der Waals surface area contributed by atoms with Crippen LogP contribution in [0.2, 0.25) is 0 Å². The molecule has 0 spiro atoms. The van der Waals surface area contributed by atoms with Crippen molar-refractivity contribution in [2.24, 2.45) is 0 Å². The number of anilines is 1. The van der Waals surface area contributed by atoms with Gasteiger partial charge in [-0.2, -0.15) is 0 Å². The number of amides is 3. The number of carbonyl (C=O) groups is 3. The zero-order chi connectivity index (χ0) is 24.1. The Morgan fingerprint density at radius 1 is 0.941 bits per heavy atom. The predicted octanol–water partition coefficient (Wildman–Crippen LogP) is 3.21. The molecular weight excluding hydrogens is 437 g/mol. The second-order valence-corrected chi connectivity index (χ2v) is 8.09. The Balaban J connectivity index is 1.37. The van der Waals surface area contributed by atoms with Crippen molar-refractivity contribution in [2.75, 3.05) is 18.4 Å². The molecule has 0 aliphatic carbocycles. The molecule has 8 nitrogen and oxygen atoms in total. The molecule has 3 aromatic rings. The standard InChI is InChI=1S/C25H24FN5O3/c1-16-6-8-17(9-7-16)25(34)31-14-10-18(11-15-31)29-24(33)21-22(28-13-12-27-21)30-23(32)19-4-2-3-5-20(19)26/h2-9,12-13,18H,10-11,14-15H2,1H3,(H,29,33)(H,28,30,32). The number of aryl methyl sites for hydroxylation is 1. The maximum Gasteiger partial charge on any atom is 0.273 e. The molecule has 0 unspecified atom stereocenters. The summed E-state index contributed by atoms with van der Waals surface area (Å²) in [6.07, 6.45) is 3.85. The lowest BCUT2D eigenvalue weighted by Gasteiger charge is -2.32. The molecular formula is C25H24FN5O3. The monoisotopic (exact) mass is 461 g/mol. The van der Waals surface area contributed by atoms with E-state index in [2.05, 4.69) is 20.6 Å². The summed E-state index contributed by atoms with van der Waals surface area (Å²) < 4.78 is 13.9. The number of hydrogen-bond donors (Lipinski definition) is 2. The van der Waals surface area contributed by atoms with E-state index in [-0.39, 0.29) is 29.0 Å². The third-order valence-electron chi connectivity index (χ3n) is 5.68. The number of rotatable bonds is 5. The van der Waals surface area contributed by atoms with E-state index in [1.807, 2.05) is 31.2 Å². The van der Waals surface area contributed by atoms with Gasteiger partial charge in [0.1, 0.15) is 5.82 Å². The number of hydrogen-bond acceptors (Lipinski definition) is 5. The number of nitrogens with one attached hydrogen (secondary N) is 2. The largest absolute Gasteiger partial charge is 0.348 e. The number of nitrogens with zero attached hydrogens (tertiary/aromatic N) is 3. The van der Waals surface area contributed by atoms with Crippen LogP contribution in [-0.2, 0) is 0 Å². The zero-order valence-corrected chi connectivity index (χ0v) is 18.6. The van der Waals surface area contributed by atoms with Crippen molar-refractivity contribution in [3.63, 3.8) is 0 Å². The summed E-state index contributed by atoms with van der Waals surface area (Å²) in [5.74, 6) is -1.99. The van der Waals surface area contributed by atoms with Gasteiger partial charge >= 0.3 is 0 Å². The summed E-state index contributed by atoms with van der Waals surface area (Å²) in [4.78, 5) is 47.9. The molecule has 3 amide bonds. The van der Waals surface area contributed by atoms with Crippen molar-refractivity contribution in [3.05, 3.63) is 89.1 Å². The smallest absolute Gasteiger partial charge is 0.273 e. The second-order valence-electron chi connectivity index (χ2n) is 8.09. The third-order valence-corrected chi connectivity index (χ3v) is 5.68. The van der Waals surface area contributed by atoms with Crippen LogP contribution in [0.4, 0.5) is 10.2 Å². The van der Waals surface area contributed by atoms with Crippen molar-refractivity contribution in [3.8, 4) is 0 Å². The van der Waals surface area contributed by atoms with Gasteiger partial charge in [0.15, 0.2) is 11.5 Å². The van der Waals surface area contributed by atoms with Crippen molar-refractivity contribution in [1.82, 2.24) is 20.2 Å². The number of aromatic nitrogens is 2. The Kier molecular flexibility index (Phi) is 6.91. The van der Waals surface area contributed by atoms with E-state index in [4.69, 9.17) is 0 Å². The van der Waals surface area contributed by atoms with Crippen molar-refractivity contribution in [1.29, 1.82) is 0 Å². The minimum Gasteiger partial charge on any atom is -0.348 e. The van der Waals surface area contributed by atoms with E-state index in [0.717, 1.165) is 5.56 Å². The molecule has 2 N–H and O–H groups in total. The number of likely N-dealkylation sites (tertiary alicyclic amines) is 1. The Labute approximate surface area is 196 Å². The Bertz CT molecular complexity index is 1210. The Morgan fingerprint density at radius 3 is 2.32 bits per heavy atom. The van der Waals surface area contributed by atoms with E-state index >= 15 is 0 Å². The summed E-state index contributed by atoms with van der Waals surface area (Å²) in [7, 11) is 0. The van der Waals surface area contributed by atoms with Crippen LogP contribution in [0.5, 0.6) is 0 Å². The fraction of sp³-hybridized carbons (Fsp3) is 0.240. The summed E-state index contributed by atoms with van der Waals surface area (Å²) in [6, 6.07) is 12.8. The molecule has 0 atom stereocenters. The van der Waals surface area contributed by atoms with Crippen molar-refractivity contribution in [2.45, 2.75) is 25.8 Å². The van der Waals surface area contributed by atoms with Crippen molar-refractivity contribution >= 4 is 23.5 Å². The van der Waals surface area contributed by atoms with Gasteiger partial charge in [-0.1, -0.05) is 29.8 Å². The van der Waals surface area contributed by atoms with Gasteiger partial charge in [0.2, 0.25) is 0 Å². The Hall–Kier alpha value is -4.14. The van der Waals surface area contributed by atoms with Gasteiger partial charge in [-0.05, 0) is 44.0 Å². The summed E-state index contributed by atoms with van der Waals surface area (Å²) in [5.41, 5.74) is 1.50. The van der Waals surface area contributed by atoms with Gasteiger partial charge in [-0.15, -0.1) is 0 Å². The predicted molar refractivity (Wildman–Crippen MR) is 124 cm³/mol. The van der Waals surface area contributed by atoms with E-state index in [1.165, 1.54) is 36.7 Å². The van der Waals surface area contributed by atoms with Crippen LogP contribution in [0.3, 0.4) is 0 Å². The van der Waals surface area contributed by atoms with Crippen LogP contribution in [0.25, 0.3) is 0 Å². The van der Waals surface area contributed by atoms with Crippen LogP contribution in [0, 0.1) is 12.7 Å². The molecule has 1 aromatic heterocycles. The summed E-state index contributed by atoms with van der Waals surface area (Å²) in [5, 5.41) is 5.37. The number of benzene rings is 2. The number of carbonyl (C=O) groups excluding carboxylic acids is 3. The third kappa shape index (κ3) is 5.25. The lowest BCUT2D eigenvalue weighted by Crippen LogP contribution is -2.46. The molecule has 0 radical (unpaired) electrons. The molecule has 1 fully saturated rings. The lowest BCUT2D eigenvalue weighted by atomic mass is 10.0. The normalized spacial score (nSPS) is 13.9. The fourth-order valence-electron chi connectivity index (χ4n) is 3.78. The molecule has 1 aliphatic heterocycles. The highest BCUT2D eigenvalue weighted by Gasteiger charge is 2.26. The van der Waals surface area contributed by atoms with Crippen molar-refractivity contribution < 1.29 is 18.8 Å². The topological polar surface area (TPSA) is 104 Å². The zero-order valence-electron chi connectivity index (χ0n) is 18.6. The van der Waals surface area contributed by atoms with Gasteiger partial charge in [-0.25, -0.2) is 14.4 Å². The average Bonchev–Trinajstić information content (AvgIpc) is 2.85. The van der Waals surface area contributed by atoms with Crippen LogP contribution in [0.1, 0.15) is 49.6 Å². The molecule has 174 valence electrons. The minimum absolute atomic E-state index is 0.0307. The maximum atomic E-state index is 13.9. The van der Waals surface area contributed by atoms with Gasteiger partial charge in [0.25, 0.3) is 17.7 Å². The first-order valence-corrected chi connectivity index (χ1v) is 11.0. The van der Waals surface area contributed by atoms with Gasteiger partial charge in [-0.3, -0.25) is 14.4 Å². The molecule has 0 bridgehead atoms. The quantitative estimate of drug-likeness (QED) is 0.607. The van der Waals surface area contributed by atoms with Crippen LogP contribution in [-0.4, -0.2) is 51.7 Å². The van der Waals surface area contributed by atoms with E-state index in [0.29, 0.717) is 31.5 Å². The van der Waals surface area contributed by atoms with Gasteiger partial charge in [0.05, 0.1) is 5.56 Å². The molecule has 1 saturated heterocycles. The highest BCUT2D eigenvalue weighted by Crippen LogP contribution is 2.17. The van der Waals surface area contributed by atoms with E-state index < -0.39 is 17.6 Å². The van der Waals surface area contributed by atoms with Crippen LogP contribution in [0.15, 0.2) is 60.9 Å². The SMILES string of the molecule is Cc1ccc(C(=O)N2CCC(NC(=O)c3nccnc3NC(=O)c3ccccc3F)CC2)cc1. The molecule has 1 aliphatic rings. The first-order valence-electron chi connectivity index (χ1n) is 11.0. The second kappa shape index (κ2) is 10.2. The summed E-state index contributed by atoms with van der Waals surface area (Å²) in [6.45, 7) is 2.99. The minimum atomic E-state index is -0.726. The van der Waals surface area contributed by atoms with Gasteiger partial charge < -0.3 is 15.5 Å². The molecule has 2 heterocycles. The first-order chi connectivity index (χ1) is 16.4. The van der Waals surface area contributed by atoms with E-state index in [9.17, 15) is 18.8 Å². The van der Waals surface area contributed by atoms with E-state index in [1.54, 1.807) is 4.90 Å². The fourth-order valence-corrected chi connectivity index (χ4v) is 3.78. The van der Waals surface area contributed by atoms with Crippen LogP contribution >= 0.6 is 0 Å². The average molecular weight is 461 g/mol.